The number of nitrogens with one attached hydrogen (secondary N) is 1. The highest BCUT2D eigenvalue weighted by Crippen LogP contribution is 2.26. The third-order valence-corrected chi connectivity index (χ3v) is 5.25. The van der Waals surface area contributed by atoms with E-state index in [-0.39, 0.29) is 6.17 Å². The Morgan fingerprint density at radius 1 is 1.25 bits per heavy atom. The Labute approximate surface area is 167 Å². The molecule has 0 spiro atoms. The highest BCUT2D eigenvalue weighted by Gasteiger charge is 2.30. The molecule has 6 heteroatoms. The number of imidazole rings is 1. The van der Waals surface area contributed by atoms with Crippen molar-refractivity contribution in [3.63, 3.8) is 0 Å². The number of nitrogens with two attached hydrogens (primary N) is 1. The first-order valence-corrected chi connectivity index (χ1v) is 9.88. The number of hydrogen-bond acceptors (Lipinski definition) is 4. The highest BCUT2D eigenvalue weighted by molar-refractivity contribution is 6.14. The summed E-state index contributed by atoms with van der Waals surface area (Å²) in [4.78, 5) is 19.5. The summed E-state index contributed by atoms with van der Waals surface area (Å²) in [6, 6.07) is 10.9. The van der Waals surface area contributed by atoms with E-state index in [0.717, 1.165) is 5.56 Å². The van der Waals surface area contributed by atoms with Crippen molar-refractivity contribution in [1.82, 2.24) is 14.9 Å². The molecule has 3 N–H and O–H groups in total. The Hall–Kier alpha value is -2.73. The van der Waals surface area contributed by atoms with E-state index in [4.69, 9.17) is 15.7 Å². The first-order valence-electron chi connectivity index (χ1n) is 9.88. The normalized spacial score (nSPS) is 23.2. The lowest BCUT2D eigenvalue weighted by Crippen LogP contribution is -2.39. The molecule has 1 aromatic carbocycles. The van der Waals surface area contributed by atoms with Crippen molar-refractivity contribution in [3.05, 3.63) is 60.2 Å². The van der Waals surface area contributed by atoms with Gasteiger partial charge in [-0.05, 0) is 52.2 Å². The zero-order valence-corrected chi connectivity index (χ0v) is 17.1. The third-order valence-electron chi connectivity index (χ3n) is 5.25. The maximum absolute atomic E-state index is 6.31. The van der Waals surface area contributed by atoms with Crippen molar-refractivity contribution in [1.29, 1.82) is 0 Å². The number of rotatable bonds is 5. The number of nitrogens with zero attached hydrogens (tertiary/aromatic N) is 4. The standard InChI is InChI=1S/C22H30N6/c1-15-10-11-16(2)28(15)18(4)26-17(3)27-21(22-24-12-13-25-22)14-20(23)19-8-6-5-7-9-19/h5-9,12-16,18H,10-11,23H2,1-4H3,(H,24,25). The van der Waals surface area contributed by atoms with Crippen LogP contribution >= 0.6 is 0 Å². The molecule has 3 atom stereocenters. The quantitative estimate of drug-likeness (QED) is 0.612. The van der Waals surface area contributed by atoms with Gasteiger partial charge in [0.15, 0.2) is 5.82 Å². The van der Waals surface area contributed by atoms with Gasteiger partial charge in [0.1, 0.15) is 17.7 Å². The zero-order valence-electron chi connectivity index (χ0n) is 17.1. The fourth-order valence-corrected chi connectivity index (χ4v) is 3.91. The molecule has 6 nitrogen and oxygen atoms in total. The lowest BCUT2D eigenvalue weighted by molar-refractivity contribution is 0.161. The van der Waals surface area contributed by atoms with E-state index in [1.165, 1.54) is 12.8 Å². The second-order valence-electron chi connectivity index (χ2n) is 7.43. The summed E-state index contributed by atoms with van der Waals surface area (Å²) in [5.41, 5.74) is 8.56. The van der Waals surface area contributed by atoms with Gasteiger partial charge in [0.2, 0.25) is 0 Å². The molecular formula is C22H30N6. The van der Waals surface area contributed by atoms with Crippen LogP contribution in [0.2, 0.25) is 0 Å². The lowest BCUT2D eigenvalue weighted by Gasteiger charge is -2.30. The van der Waals surface area contributed by atoms with E-state index >= 15 is 0 Å². The van der Waals surface area contributed by atoms with Crippen LogP contribution in [0.15, 0.2) is 58.8 Å². The Kier molecular flexibility index (Phi) is 6.41. The van der Waals surface area contributed by atoms with E-state index in [2.05, 4.69) is 35.6 Å². The number of aromatic amines is 1. The summed E-state index contributed by atoms with van der Waals surface area (Å²) in [6.45, 7) is 8.60. The van der Waals surface area contributed by atoms with Crippen LogP contribution in [0, 0.1) is 0 Å². The second kappa shape index (κ2) is 8.97. The number of likely N-dealkylation sites (tertiary alicyclic amines) is 1. The fraction of sp³-hybridized carbons (Fsp3) is 0.409. The van der Waals surface area contributed by atoms with Gasteiger partial charge in [-0.2, -0.15) is 0 Å². The summed E-state index contributed by atoms with van der Waals surface area (Å²) in [5, 5.41) is 0. The molecule has 1 fully saturated rings. The van der Waals surface area contributed by atoms with Crippen molar-refractivity contribution in [2.75, 3.05) is 0 Å². The van der Waals surface area contributed by atoms with Gasteiger partial charge in [0.25, 0.3) is 0 Å². The van der Waals surface area contributed by atoms with Crippen molar-refractivity contribution < 1.29 is 0 Å². The van der Waals surface area contributed by atoms with Crippen molar-refractivity contribution in [2.24, 2.45) is 15.7 Å². The lowest BCUT2D eigenvalue weighted by atomic mass is 10.1. The van der Waals surface area contributed by atoms with Crippen LogP contribution in [-0.4, -0.2) is 44.7 Å². The van der Waals surface area contributed by atoms with E-state index < -0.39 is 0 Å². The number of aliphatic imine (C=N–C) groups is 2. The molecule has 28 heavy (non-hydrogen) atoms. The number of amidine groups is 1. The number of benzene rings is 1. The molecule has 1 aromatic heterocycles. The Balaban J connectivity index is 1.89. The molecular weight excluding hydrogens is 348 g/mol. The zero-order chi connectivity index (χ0) is 20.1. The van der Waals surface area contributed by atoms with Gasteiger partial charge in [-0.15, -0.1) is 0 Å². The predicted octanol–water partition coefficient (Wildman–Crippen LogP) is 3.84. The van der Waals surface area contributed by atoms with E-state index in [1.807, 2.05) is 43.3 Å². The van der Waals surface area contributed by atoms with Crippen LogP contribution in [0.1, 0.15) is 51.9 Å². The molecule has 3 rings (SSSR count). The van der Waals surface area contributed by atoms with Crippen LogP contribution < -0.4 is 5.73 Å². The van der Waals surface area contributed by atoms with E-state index in [0.29, 0.717) is 35.2 Å². The summed E-state index contributed by atoms with van der Waals surface area (Å²) in [6.07, 6.45) is 7.86. The molecule has 1 saturated heterocycles. The van der Waals surface area contributed by atoms with E-state index in [1.54, 1.807) is 12.4 Å². The number of allylic oxidation sites excluding steroid dienone is 1. The van der Waals surface area contributed by atoms with Crippen LogP contribution in [0.5, 0.6) is 0 Å². The van der Waals surface area contributed by atoms with Crippen LogP contribution in [0.25, 0.3) is 5.70 Å². The molecule has 2 aromatic rings. The SMILES string of the molecule is CC(=NC(C)N1C(C)CCC1C)N=C(C=C(N)c1ccccc1)c1ncc[nH]1. The van der Waals surface area contributed by atoms with Gasteiger partial charge in [0.05, 0.1) is 0 Å². The minimum absolute atomic E-state index is 0.0875. The summed E-state index contributed by atoms with van der Waals surface area (Å²) >= 11 is 0. The molecule has 1 aliphatic heterocycles. The highest BCUT2D eigenvalue weighted by atomic mass is 15.3. The van der Waals surface area contributed by atoms with Gasteiger partial charge >= 0.3 is 0 Å². The summed E-state index contributed by atoms with van der Waals surface area (Å²) in [5.74, 6) is 1.38. The monoisotopic (exact) mass is 378 g/mol. The smallest absolute Gasteiger partial charge is 0.156 e. The summed E-state index contributed by atoms with van der Waals surface area (Å²) < 4.78 is 0. The maximum Gasteiger partial charge on any atom is 0.156 e. The molecule has 0 amide bonds. The minimum Gasteiger partial charge on any atom is -0.398 e. The molecule has 2 heterocycles. The average molecular weight is 379 g/mol. The Morgan fingerprint density at radius 2 is 1.93 bits per heavy atom. The van der Waals surface area contributed by atoms with Crippen LogP contribution in [0.3, 0.4) is 0 Å². The Bertz CT molecular complexity index is 840. The van der Waals surface area contributed by atoms with Crippen LogP contribution in [-0.2, 0) is 0 Å². The number of aromatic nitrogens is 2. The van der Waals surface area contributed by atoms with Gasteiger partial charge in [-0.3, -0.25) is 9.89 Å². The van der Waals surface area contributed by atoms with Gasteiger partial charge < -0.3 is 10.7 Å². The van der Waals surface area contributed by atoms with Crippen LogP contribution in [0.4, 0.5) is 0 Å². The van der Waals surface area contributed by atoms with Crippen molar-refractivity contribution >= 4 is 17.2 Å². The van der Waals surface area contributed by atoms with E-state index in [9.17, 15) is 0 Å². The first kappa shape index (κ1) is 20.0. The number of hydrogen-bond donors (Lipinski definition) is 2. The van der Waals surface area contributed by atoms with Gasteiger partial charge in [-0.1, -0.05) is 30.3 Å². The maximum atomic E-state index is 6.31. The molecule has 1 aliphatic rings. The molecule has 0 saturated carbocycles. The molecule has 0 aliphatic carbocycles. The molecule has 0 radical (unpaired) electrons. The topological polar surface area (TPSA) is 82.7 Å². The van der Waals surface area contributed by atoms with Gasteiger partial charge in [0, 0.05) is 30.2 Å². The minimum atomic E-state index is 0.0875. The first-order chi connectivity index (χ1) is 13.5. The molecule has 3 unspecified atom stereocenters. The average Bonchev–Trinajstić information content (AvgIpc) is 3.32. The van der Waals surface area contributed by atoms with Crippen molar-refractivity contribution in [3.8, 4) is 0 Å². The largest absolute Gasteiger partial charge is 0.398 e. The molecule has 0 bridgehead atoms. The van der Waals surface area contributed by atoms with Crippen molar-refractivity contribution in [2.45, 2.75) is 58.8 Å². The predicted molar refractivity (Wildman–Crippen MR) is 116 cm³/mol. The number of H-pyrrole nitrogens is 1. The molecule has 148 valence electrons. The van der Waals surface area contributed by atoms with Gasteiger partial charge in [-0.25, -0.2) is 9.98 Å². The third kappa shape index (κ3) is 4.75. The Morgan fingerprint density at radius 3 is 2.54 bits per heavy atom. The fourth-order valence-electron chi connectivity index (χ4n) is 3.91. The summed E-state index contributed by atoms with van der Waals surface area (Å²) in [7, 11) is 0. The second-order valence-corrected chi connectivity index (χ2v) is 7.43.